The lowest BCUT2D eigenvalue weighted by Gasteiger charge is -2.27. The van der Waals surface area contributed by atoms with E-state index in [4.69, 9.17) is 5.73 Å². The van der Waals surface area contributed by atoms with Gasteiger partial charge in [0, 0.05) is 0 Å². The zero-order valence-corrected chi connectivity index (χ0v) is 20.9. The van der Waals surface area contributed by atoms with Gasteiger partial charge in [0.05, 0.1) is 6.04 Å². The third kappa shape index (κ3) is 11.1. The molecule has 9 nitrogen and oxygen atoms in total. The molecular formula is C20H38N4O5S2. The van der Waals surface area contributed by atoms with Crippen molar-refractivity contribution in [2.45, 2.75) is 64.7 Å². The fraction of sp³-hybridized carbons (Fsp3) is 0.800. The molecule has 0 spiro atoms. The Labute approximate surface area is 193 Å². The Hall–Kier alpha value is -1.46. The van der Waals surface area contributed by atoms with Crippen LogP contribution < -0.4 is 21.7 Å². The molecule has 0 bridgehead atoms. The number of rotatable bonds is 15. The Morgan fingerprint density at radius 3 is 1.71 bits per heavy atom. The van der Waals surface area contributed by atoms with E-state index in [2.05, 4.69) is 16.0 Å². The molecule has 0 aromatic carbocycles. The summed E-state index contributed by atoms with van der Waals surface area (Å²) in [5.74, 6) is -1.84. The van der Waals surface area contributed by atoms with Gasteiger partial charge in [0.1, 0.15) is 18.1 Å². The molecule has 0 saturated heterocycles. The largest absolute Gasteiger partial charge is 0.480 e. The third-order valence-electron chi connectivity index (χ3n) is 4.69. The Kier molecular flexibility index (Phi) is 14.6. The maximum Gasteiger partial charge on any atom is 0.326 e. The molecule has 11 heteroatoms. The van der Waals surface area contributed by atoms with Crippen LogP contribution in [-0.4, -0.2) is 77.0 Å². The molecule has 0 aliphatic heterocycles. The number of carbonyl (C=O) groups is 4. The van der Waals surface area contributed by atoms with E-state index in [9.17, 15) is 24.3 Å². The number of carbonyl (C=O) groups excluding carboxylic acids is 3. The molecule has 4 atom stereocenters. The van der Waals surface area contributed by atoms with Gasteiger partial charge >= 0.3 is 5.97 Å². The summed E-state index contributed by atoms with van der Waals surface area (Å²) in [6, 6.07) is -3.56. The Morgan fingerprint density at radius 2 is 1.26 bits per heavy atom. The van der Waals surface area contributed by atoms with Crippen molar-refractivity contribution < 1.29 is 24.3 Å². The minimum absolute atomic E-state index is 0.233. The van der Waals surface area contributed by atoms with Crippen LogP contribution in [0.1, 0.15) is 40.5 Å². The molecule has 0 aliphatic rings. The van der Waals surface area contributed by atoms with Crippen molar-refractivity contribution in [3.05, 3.63) is 0 Å². The topological polar surface area (TPSA) is 151 Å². The summed E-state index contributed by atoms with van der Waals surface area (Å²) in [6.07, 6.45) is 4.61. The Bertz CT molecular complexity index is 604. The zero-order chi connectivity index (χ0) is 24.1. The van der Waals surface area contributed by atoms with Crippen LogP contribution in [0.25, 0.3) is 0 Å². The number of thioether (sulfide) groups is 2. The Morgan fingerprint density at radius 1 is 0.774 bits per heavy atom. The predicted molar refractivity (Wildman–Crippen MR) is 127 cm³/mol. The van der Waals surface area contributed by atoms with E-state index < -0.39 is 47.9 Å². The maximum atomic E-state index is 12.9. The van der Waals surface area contributed by atoms with Crippen molar-refractivity contribution in [2.75, 3.05) is 24.0 Å². The molecule has 0 aromatic rings. The Balaban J connectivity index is 5.32. The van der Waals surface area contributed by atoms with Crippen LogP contribution >= 0.6 is 23.5 Å². The molecule has 3 amide bonds. The van der Waals surface area contributed by atoms with Gasteiger partial charge in [-0.25, -0.2) is 4.79 Å². The first-order chi connectivity index (χ1) is 14.5. The van der Waals surface area contributed by atoms with Gasteiger partial charge in [0.25, 0.3) is 0 Å². The van der Waals surface area contributed by atoms with E-state index in [0.29, 0.717) is 18.6 Å². The van der Waals surface area contributed by atoms with Gasteiger partial charge < -0.3 is 26.8 Å². The average Bonchev–Trinajstić information content (AvgIpc) is 2.69. The lowest BCUT2D eigenvalue weighted by molar-refractivity contribution is -0.143. The molecule has 0 radical (unpaired) electrons. The first kappa shape index (κ1) is 29.5. The second-order valence-electron chi connectivity index (χ2n) is 8.03. The fourth-order valence-electron chi connectivity index (χ4n) is 2.70. The molecule has 0 aliphatic carbocycles. The van der Waals surface area contributed by atoms with Crippen molar-refractivity contribution in [3.8, 4) is 0 Å². The summed E-state index contributed by atoms with van der Waals surface area (Å²) >= 11 is 3.09. The SMILES string of the molecule is CSCCC(N)C(=O)NC(C(=O)NC(CCSC)C(=O)NC(C(=O)O)C(C)C)C(C)C. The summed E-state index contributed by atoms with van der Waals surface area (Å²) in [7, 11) is 0. The van der Waals surface area contributed by atoms with E-state index in [1.165, 1.54) is 11.8 Å². The summed E-state index contributed by atoms with van der Waals surface area (Å²) in [5, 5.41) is 17.2. The first-order valence-corrected chi connectivity index (χ1v) is 13.1. The summed E-state index contributed by atoms with van der Waals surface area (Å²) in [5.41, 5.74) is 5.90. The average molecular weight is 479 g/mol. The lowest BCUT2D eigenvalue weighted by Crippen LogP contribution is -2.58. The zero-order valence-electron chi connectivity index (χ0n) is 19.3. The molecular weight excluding hydrogens is 440 g/mol. The van der Waals surface area contributed by atoms with Crippen LogP contribution in [0.3, 0.4) is 0 Å². The molecule has 31 heavy (non-hydrogen) atoms. The van der Waals surface area contributed by atoms with Crippen LogP contribution in [0.5, 0.6) is 0 Å². The van der Waals surface area contributed by atoms with Crippen LogP contribution in [0.2, 0.25) is 0 Å². The highest BCUT2D eigenvalue weighted by Gasteiger charge is 2.32. The highest BCUT2D eigenvalue weighted by atomic mass is 32.2. The van der Waals surface area contributed by atoms with Crippen molar-refractivity contribution in [1.29, 1.82) is 0 Å². The number of hydrogen-bond acceptors (Lipinski definition) is 7. The van der Waals surface area contributed by atoms with E-state index in [1.807, 2.05) is 12.5 Å². The molecule has 180 valence electrons. The summed E-state index contributed by atoms with van der Waals surface area (Å²) in [6.45, 7) is 6.96. The van der Waals surface area contributed by atoms with Gasteiger partial charge in [-0.15, -0.1) is 0 Å². The van der Waals surface area contributed by atoms with Gasteiger partial charge in [-0.3, -0.25) is 14.4 Å². The monoisotopic (exact) mass is 478 g/mol. The smallest absolute Gasteiger partial charge is 0.326 e. The molecule has 0 fully saturated rings. The fourth-order valence-corrected chi connectivity index (χ4v) is 3.67. The van der Waals surface area contributed by atoms with Gasteiger partial charge in [-0.1, -0.05) is 27.7 Å². The van der Waals surface area contributed by atoms with Crippen LogP contribution in [-0.2, 0) is 19.2 Å². The summed E-state index contributed by atoms with van der Waals surface area (Å²) < 4.78 is 0. The summed E-state index contributed by atoms with van der Waals surface area (Å²) in [4.78, 5) is 49.5. The lowest BCUT2D eigenvalue weighted by atomic mass is 10.0. The van der Waals surface area contributed by atoms with Crippen LogP contribution in [0.4, 0.5) is 0 Å². The van der Waals surface area contributed by atoms with Crippen LogP contribution in [0.15, 0.2) is 0 Å². The van der Waals surface area contributed by atoms with Gasteiger partial charge in [0.15, 0.2) is 0 Å². The van der Waals surface area contributed by atoms with E-state index in [1.54, 1.807) is 39.5 Å². The number of carboxylic acids is 1. The third-order valence-corrected chi connectivity index (χ3v) is 5.98. The van der Waals surface area contributed by atoms with Gasteiger partial charge in [0.2, 0.25) is 17.7 Å². The number of carboxylic acid groups (broad SMARTS) is 1. The van der Waals surface area contributed by atoms with Crippen LogP contribution in [0, 0.1) is 11.8 Å². The molecule has 6 N–H and O–H groups in total. The highest BCUT2D eigenvalue weighted by molar-refractivity contribution is 7.98. The van der Waals surface area contributed by atoms with Gasteiger partial charge in [-0.2, -0.15) is 23.5 Å². The standard InChI is InChI=1S/C20H38N4O5S2/c1-11(2)15(23-17(25)13(21)7-9-30-5)19(27)22-14(8-10-31-6)18(26)24-16(12(3)4)20(28)29/h11-16H,7-10,21H2,1-6H3,(H,22,27)(H,23,25)(H,24,26)(H,28,29). The van der Waals surface area contributed by atoms with Crippen molar-refractivity contribution in [1.82, 2.24) is 16.0 Å². The molecule has 0 saturated carbocycles. The minimum atomic E-state index is -1.13. The normalized spacial score (nSPS) is 15.1. The molecule has 4 unspecified atom stereocenters. The number of aliphatic carboxylic acids is 1. The predicted octanol–water partition coefficient (Wildman–Crippen LogP) is 0.671. The molecule has 0 heterocycles. The second-order valence-corrected chi connectivity index (χ2v) is 10.0. The number of hydrogen-bond donors (Lipinski definition) is 5. The first-order valence-electron chi connectivity index (χ1n) is 10.3. The van der Waals surface area contributed by atoms with E-state index >= 15 is 0 Å². The van der Waals surface area contributed by atoms with E-state index in [-0.39, 0.29) is 11.8 Å². The molecule has 0 rings (SSSR count). The van der Waals surface area contributed by atoms with Crippen molar-refractivity contribution in [3.63, 3.8) is 0 Å². The molecule has 0 aromatic heterocycles. The van der Waals surface area contributed by atoms with E-state index in [0.717, 1.165) is 5.75 Å². The van der Waals surface area contributed by atoms with Crippen molar-refractivity contribution in [2.24, 2.45) is 17.6 Å². The minimum Gasteiger partial charge on any atom is -0.480 e. The van der Waals surface area contributed by atoms with Gasteiger partial charge in [-0.05, 0) is 48.7 Å². The number of amides is 3. The maximum absolute atomic E-state index is 12.9. The second kappa shape index (κ2) is 15.4. The number of nitrogens with one attached hydrogen (secondary N) is 3. The quantitative estimate of drug-likeness (QED) is 0.230. The van der Waals surface area contributed by atoms with Crippen molar-refractivity contribution >= 4 is 47.2 Å². The number of nitrogens with two attached hydrogens (primary N) is 1. The highest BCUT2D eigenvalue weighted by Crippen LogP contribution is 2.09.